The van der Waals surface area contributed by atoms with Crippen molar-refractivity contribution in [1.82, 2.24) is 9.97 Å². The van der Waals surface area contributed by atoms with Crippen molar-refractivity contribution in [2.75, 3.05) is 9.93 Å². The van der Waals surface area contributed by atoms with Crippen molar-refractivity contribution >= 4 is 27.3 Å². The number of rotatable bonds is 3. The third-order valence-corrected chi connectivity index (χ3v) is 2.89. The number of halogens is 1. The molecule has 0 unspecified atom stereocenters. The van der Waals surface area contributed by atoms with Crippen molar-refractivity contribution < 1.29 is 8.42 Å². The van der Waals surface area contributed by atoms with E-state index in [-0.39, 0.29) is 0 Å². The highest BCUT2D eigenvalue weighted by atomic mass is 35.5. The summed E-state index contributed by atoms with van der Waals surface area (Å²) in [5, 5.41) is -0.485. The van der Waals surface area contributed by atoms with E-state index in [1.807, 2.05) is 0 Å². The van der Waals surface area contributed by atoms with Crippen LogP contribution in [0.4, 0.5) is 5.69 Å². The van der Waals surface area contributed by atoms with Crippen LogP contribution in [0.3, 0.4) is 0 Å². The lowest BCUT2D eigenvalue weighted by Crippen LogP contribution is -2.13. The SMILES string of the molecule is Cc1ncc(NS(=O)(=O)CCl)cn1. The predicted molar refractivity (Wildman–Crippen MR) is 50.0 cm³/mol. The third-order valence-electron chi connectivity index (χ3n) is 1.20. The number of nitrogens with one attached hydrogen (secondary N) is 1. The lowest BCUT2D eigenvalue weighted by Gasteiger charge is -2.03. The van der Waals surface area contributed by atoms with Crippen LogP contribution in [0.25, 0.3) is 0 Å². The van der Waals surface area contributed by atoms with E-state index < -0.39 is 15.2 Å². The normalized spacial score (nSPS) is 11.2. The fourth-order valence-electron chi connectivity index (χ4n) is 0.652. The fourth-order valence-corrected chi connectivity index (χ4v) is 1.33. The van der Waals surface area contributed by atoms with Crippen LogP contribution in [0.1, 0.15) is 5.82 Å². The summed E-state index contributed by atoms with van der Waals surface area (Å²) in [5.74, 6) is 0.578. The highest BCUT2D eigenvalue weighted by molar-refractivity contribution is 7.93. The van der Waals surface area contributed by atoms with Crippen molar-refractivity contribution in [2.45, 2.75) is 6.92 Å². The highest BCUT2D eigenvalue weighted by Gasteiger charge is 2.07. The van der Waals surface area contributed by atoms with Gasteiger partial charge in [-0.15, -0.1) is 11.6 Å². The summed E-state index contributed by atoms with van der Waals surface area (Å²) < 4.78 is 24.1. The van der Waals surface area contributed by atoms with Crippen LogP contribution in [-0.2, 0) is 10.0 Å². The quantitative estimate of drug-likeness (QED) is 0.764. The molecule has 0 aromatic carbocycles. The first-order valence-corrected chi connectivity index (χ1v) is 5.57. The first-order chi connectivity index (χ1) is 6.03. The number of aromatic nitrogens is 2. The molecule has 7 heteroatoms. The second-order valence-electron chi connectivity index (χ2n) is 2.34. The lowest BCUT2D eigenvalue weighted by molar-refractivity contribution is 0.605. The second-order valence-corrected chi connectivity index (χ2v) is 4.65. The van der Waals surface area contributed by atoms with E-state index in [1.165, 1.54) is 12.4 Å². The average Bonchev–Trinajstić information content (AvgIpc) is 2.09. The van der Waals surface area contributed by atoms with Crippen LogP contribution in [0.5, 0.6) is 0 Å². The minimum absolute atomic E-state index is 0.311. The van der Waals surface area contributed by atoms with Gasteiger partial charge >= 0.3 is 0 Å². The summed E-state index contributed by atoms with van der Waals surface area (Å²) in [4.78, 5) is 7.63. The van der Waals surface area contributed by atoms with Gasteiger partial charge in [-0.3, -0.25) is 4.72 Å². The summed E-state index contributed by atoms with van der Waals surface area (Å²) >= 11 is 5.18. The zero-order valence-corrected chi connectivity index (χ0v) is 8.43. The number of hydrogen-bond donors (Lipinski definition) is 1. The van der Waals surface area contributed by atoms with Crippen molar-refractivity contribution in [3.63, 3.8) is 0 Å². The number of alkyl halides is 1. The van der Waals surface area contributed by atoms with Crippen molar-refractivity contribution in [1.29, 1.82) is 0 Å². The molecule has 1 rings (SSSR count). The molecule has 0 bridgehead atoms. The molecule has 1 aromatic rings. The molecule has 1 N–H and O–H groups in total. The molecule has 0 spiro atoms. The van der Waals surface area contributed by atoms with Gasteiger partial charge in [-0.2, -0.15) is 0 Å². The summed E-state index contributed by atoms with van der Waals surface area (Å²) in [6, 6.07) is 0. The molecule has 5 nitrogen and oxygen atoms in total. The van der Waals surface area contributed by atoms with Crippen LogP contribution < -0.4 is 4.72 Å². The number of hydrogen-bond acceptors (Lipinski definition) is 4. The van der Waals surface area contributed by atoms with E-state index in [2.05, 4.69) is 14.7 Å². The smallest absolute Gasteiger partial charge is 0.246 e. The Hall–Kier alpha value is -0.880. The minimum Gasteiger partial charge on any atom is -0.279 e. The maximum atomic E-state index is 11.0. The van der Waals surface area contributed by atoms with E-state index in [1.54, 1.807) is 6.92 Å². The molecule has 0 atom stereocenters. The summed E-state index contributed by atoms with van der Waals surface area (Å²) in [6.45, 7) is 1.71. The predicted octanol–water partition coefficient (Wildman–Crippen LogP) is 0.723. The number of nitrogens with zero attached hydrogens (tertiary/aromatic N) is 2. The molecule has 0 aliphatic rings. The van der Waals surface area contributed by atoms with E-state index in [4.69, 9.17) is 11.6 Å². The maximum absolute atomic E-state index is 11.0. The molecule has 0 aliphatic carbocycles. The first-order valence-electron chi connectivity index (χ1n) is 3.38. The summed E-state index contributed by atoms with van der Waals surface area (Å²) in [6.07, 6.45) is 2.76. The van der Waals surface area contributed by atoms with Crippen molar-refractivity contribution in [3.05, 3.63) is 18.2 Å². The molecule has 72 valence electrons. The Morgan fingerprint density at radius 2 is 2.00 bits per heavy atom. The molecule has 0 aliphatic heterocycles. The van der Waals surface area contributed by atoms with E-state index in [0.29, 0.717) is 11.5 Å². The van der Waals surface area contributed by atoms with Crippen molar-refractivity contribution in [2.24, 2.45) is 0 Å². The average molecular weight is 222 g/mol. The Balaban J connectivity index is 2.82. The molecule has 13 heavy (non-hydrogen) atoms. The molecular formula is C6H8ClN3O2S. The van der Waals surface area contributed by atoms with Gasteiger partial charge in [0.05, 0.1) is 18.1 Å². The van der Waals surface area contributed by atoms with Crippen LogP contribution in [0.2, 0.25) is 0 Å². The number of anilines is 1. The lowest BCUT2D eigenvalue weighted by atomic mass is 10.5. The zero-order valence-electron chi connectivity index (χ0n) is 6.86. The minimum atomic E-state index is -3.45. The van der Waals surface area contributed by atoms with E-state index in [0.717, 1.165) is 0 Å². The molecule has 0 saturated heterocycles. The first kappa shape index (κ1) is 10.2. The van der Waals surface area contributed by atoms with Gasteiger partial charge in [-0.05, 0) is 6.92 Å². The fraction of sp³-hybridized carbons (Fsp3) is 0.333. The molecular weight excluding hydrogens is 214 g/mol. The zero-order chi connectivity index (χ0) is 9.90. The van der Waals surface area contributed by atoms with Gasteiger partial charge in [-0.1, -0.05) is 0 Å². The number of sulfonamides is 1. The van der Waals surface area contributed by atoms with Crippen molar-refractivity contribution in [3.8, 4) is 0 Å². The maximum Gasteiger partial charge on any atom is 0.246 e. The van der Waals surface area contributed by atoms with Gasteiger partial charge in [-0.25, -0.2) is 18.4 Å². The molecule has 1 aromatic heterocycles. The van der Waals surface area contributed by atoms with Crippen LogP contribution in [0.15, 0.2) is 12.4 Å². The Labute approximate surface area is 81.2 Å². The van der Waals surface area contributed by atoms with Crippen LogP contribution >= 0.6 is 11.6 Å². The van der Waals surface area contributed by atoms with E-state index >= 15 is 0 Å². The van der Waals surface area contributed by atoms with Gasteiger partial charge in [0.25, 0.3) is 0 Å². The largest absolute Gasteiger partial charge is 0.279 e. The second kappa shape index (κ2) is 3.89. The summed E-state index contributed by atoms with van der Waals surface area (Å²) in [5.41, 5.74) is 0.311. The van der Waals surface area contributed by atoms with Gasteiger partial charge in [0.15, 0.2) is 0 Å². The molecule has 1 heterocycles. The molecule has 0 amide bonds. The Kier molecular flexibility index (Phi) is 3.05. The number of aryl methyl sites for hydroxylation is 1. The monoisotopic (exact) mass is 221 g/mol. The van der Waals surface area contributed by atoms with Crippen LogP contribution in [-0.4, -0.2) is 23.6 Å². The van der Waals surface area contributed by atoms with Gasteiger partial charge in [0.1, 0.15) is 11.0 Å². The topological polar surface area (TPSA) is 72.0 Å². The third kappa shape index (κ3) is 3.16. The highest BCUT2D eigenvalue weighted by Crippen LogP contribution is 2.06. The van der Waals surface area contributed by atoms with Gasteiger partial charge < -0.3 is 0 Å². The molecule has 0 radical (unpaired) electrons. The van der Waals surface area contributed by atoms with E-state index in [9.17, 15) is 8.42 Å². The Bertz CT molecular complexity index is 375. The molecule has 0 fully saturated rings. The Morgan fingerprint density at radius 3 is 2.46 bits per heavy atom. The standard InChI is InChI=1S/C6H8ClN3O2S/c1-5-8-2-6(3-9-5)10-13(11,12)4-7/h2-3,10H,4H2,1H3. The Morgan fingerprint density at radius 1 is 1.46 bits per heavy atom. The van der Waals surface area contributed by atoms with Crippen LogP contribution in [0, 0.1) is 6.92 Å². The summed E-state index contributed by atoms with van der Waals surface area (Å²) in [7, 11) is -3.45. The van der Waals surface area contributed by atoms with Gasteiger partial charge in [0, 0.05) is 0 Å². The van der Waals surface area contributed by atoms with Gasteiger partial charge in [0.2, 0.25) is 10.0 Å². The molecule has 0 saturated carbocycles.